The van der Waals surface area contributed by atoms with Crippen molar-refractivity contribution in [2.45, 2.75) is 19.4 Å². The van der Waals surface area contributed by atoms with Gasteiger partial charge in [0.15, 0.2) is 5.65 Å². The summed E-state index contributed by atoms with van der Waals surface area (Å²) >= 11 is 9.98. The summed E-state index contributed by atoms with van der Waals surface area (Å²) in [5.41, 5.74) is 5.01. The zero-order valence-corrected chi connectivity index (χ0v) is 21.8. The topological polar surface area (TPSA) is 71.3 Å². The van der Waals surface area contributed by atoms with Crippen LogP contribution in [0.25, 0.3) is 16.9 Å². The molecule has 2 heterocycles. The molecule has 1 unspecified atom stereocenters. The number of nitrogens with one attached hydrogen (secondary N) is 2. The Morgan fingerprint density at radius 3 is 2.61 bits per heavy atom. The summed E-state index contributed by atoms with van der Waals surface area (Å²) in [5, 5.41) is 11.6. The molecule has 6 nitrogen and oxygen atoms in total. The van der Waals surface area contributed by atoms with E-state index in [1.807, 2.05) is 91.9 Å². The Hall–Kier alpha value is -3.68. The van der Waals surface area contributed by atoms with Gasteiger partial charge in [0, 0.05) is 28.9 Å². The molecular weight excluding hydrogens is 538 g/mol. The van der Waals surface area contributed by atoms with Gasteiger partial charge in [0.25, 0.3) is 0 Å². The van der Waals surface area contributed by atoms with Crippen LogP contribution < -0.4 is 10.6 Å². The third-order valence-corrected chi connectivity index (χ3v) is 6.83. The molecule has 0 radical (unpaired) electrons. The van der Waals surface area contributed by atoms with Gasteiger partial charge in [0.2, 0.25) is 5.91 Å². The number of fused-ring (bicyclic) bond motifs is 1. The van der Waals surface area contributed by atoms with Gasteiger partial charge in [-0.2, -0.15) is 9.61 Å². The lowest BCUT2D eigenvalue weighted by Gasteiger charge is -2.14. The molecule has 0 saturated heterocycles. The SMILES string of the molecule is CC(C(=O)Nc1cccc(CNc2cc(-c3ccccc3Cl)nc3c(Br)cnn23)c1)c1ccccc1. The number of carbonyl (C=O) groups excluding carboxylic acids is 1. The van der Waals surface area contributed by atoms with E-state index in [4.69, 9.17) is 16.6 Å². The van der Waals surface area contributed by atoms with E-state index in [0.717, 1.165) is 38.4 Å². The molecule has 5 rings (SSSR count). The van der Waals surface area contributed by atoms with Crippen LogP contribution in [0.4, 0.5) is 11.5 Å². The predicted molar refractivity (Wildman–Crippen MR) is 148 cm³/mol. The van der Waals surface area contributed by atoms with E-state index in [-0.39, 0.29) is 11.8 Å². The Morgan fingerprint density at radius 1 is 1.03 bits per heavy atom. The van der Waals surface area contributed by atoms with E-state index in [1.54, 1.807) is 10.7 Å². The minimum absolute atomic E-state index is 0.0482. The van der Waals surface area contributed by atoms with Gasteiger partial charge in [0.05, 0.1) is 22.3 Å². The summed E-state index contributed by atoms with van der Waals surface area (Å²) in [6.07, 6.45) is 1.72. The second kappa shape index (κ2) is 10.5. The third kappa shape index (κ3) is 5.12. The highest BCUT2D eigenvalue weighted by atomic mass is 79.9. The number of nitrogens with zero attached hydrogens (tertiary/aromatic N) is 3. The largest absolute Gasteiger partial charge is 0.366 e. The standard InChI is InChI=1S/C28H23BrClN5O/c1-18(20-9-3-2-4-10-20)28(36)33-21-11-7-8-19(14-21)16-31-26-15-25(22-12-5-6-13-24(22)30)34-27-23(29)17-32-35(26)27/h2-15,17-18,31H,16H2,1H3,(H,33,36). The molecule has 2 aromatic heterocycles. The van der Waals surface area contributed by atoms with Crippen LogP contribution >= 0.6 is 27.5 Å². The first kappa shape index (κ1) is 24.0. The zero-order chi connectivity index (χ0) is 25.1. The maximum Gasteiger partial charge on any atom is 0.231 e. The van der Waals surface area contributed by atoms with Crippen molar-refractivity contribution in [2.24, 2.45) is 0 Å². The summed E-state index contributed by atoms with van der Waals surface area (Å²) in [4.78, 5) is 17.5. The highest BCUT2D eigenvalue weighted by molar-refractivity contribution is 9.10. The molecule has 5 aromatic rings. The molecule has 0 saturated carbocycles. The monoisotopic (exact) mass is 559 g/mol. The zero-order valence-electron chi connectivity index (χ0n) is 19.5. The van der Waals surface area contributed by atoms with Crippen molar-refractivity contribution in [1.82, 2.24) is 14.6 Å². The lowest BCUT2D eigenvalue weighted by atomic mass is 10.0. The number of hydrogen-bond donors (Lipinski definition) is 2. The molecule has 8 heteroatoms. The minimum atomic E-state index is -0.250. The summed E-state index contributed by atoms with van der Waals surface area (Å²) in [6, 6.07) is 27.1. The van der Waals surface area contributed by atoms with E-state index < -0.39 is 0 Å². The highest BCUT2D eigenvalue weighted by Gasteiger charge is 2.16. The average molecular weight is 561 g/mol. The molecule has 0 fully saturated rings. The van der Waals surface area contributed by atoms with E-state index in [0.29, 0.717) is 17.2 Å². The van der Waals surface area contributed by atoms with Crippen molar-refractivity contribution in [3.05, 3.63) is 112 Å². The van der Waals surface area contributed by atoms with Gasteiger partial charge in [-0.25, -0.2) is 4.98 Å². The smallest absolute Gasteiger partial charge is 0.231 e. The second-order valence-electron chi connectivity index (χ2n) is 8.41. The molecule has 180 valence electrons. The van der Waals surface area contributed by atoms with Gasteiger partial charge in [-0.1, -0.05) is 72.3 Å². The highest BCUT2D eigenvalue weighted by Crippen LogP contribution is 2.30. The summed E-state index contributed by atoms with van der Waals surface area (Å²) in [7, 11) is 0. The van der Waals surface area contributed by atoms with Crippen LogP contribution in [0, 0.1) is 0 Å². The van der Waals surface area contributed by atoms with Crippen LogP contribution in [0.5, 0.6) is 0 Å². The van der Waals surface area contributed by atoms with E-state index in [1.165, 1.54) is 0 Å². The molecule has 1 amide bonds. The Labute approximate surface area is 222 Å². The fourth-order valence-corrected chi connectivity index (χ4v) is 4.54. The van der Waals surface area contributed by atoms with Crippen molar-refractivity contribution in [2.75, 3.05) is 10.6 Å². The van der Waals surface area contributed by atoms with Gasteiger partial charge in [0.1, 0.15) is 5.82 Å². The van der Waals surface area contributed by atoms with Crippen LogP contribution in [-0.4, -0.2) is 20.5 Å². The molecule has 0 bridgehead atoms. The Balaban J connectivity index is 1.36. The minimum Gasteiger partial charge on any atom is -0.366 e. The quantitative estimate of drug-likeness (QED) is 0.221. The molecule has 3 aromatic carbocycles. The van der Waals surface area contributed by atoms with E-state index in [2.05, 4.69) is 31.7 Å². The number of rotatable bonds is 7. The van der Waals surface area contributed by atoms with Gasteiger partial charge in [-0.15, -0.1) is 0 Å². The van der Waals surface area contributed by atoms with Crippen molar-refractivity contribution in [3.8, 4) is 11.3 Å². The molecule has 0 aliphatic heterocycles. The number of anilines is 2. The van der Waals surface area contributed by atoms with Gasteiger partial charge in [-0.3, -0.25) is 4.79 Å². The molecule has 1 atom stereocenters. The van der Waals surface area contributed by atoms with E-state index >= 15 is 0 Å². The fraction of sp³-hybridized carbons (Fsp3) is 0.107. The van der Waals surface area contributed by atoms with Crippen molar-refractivity contribution in [1.29, 1.82) is 0 Å². The number of aromatic nitrogens is 3. The van der Waals surface area contributed by atoms with Crippen LogP contribution in [0.2, 0.25) is 5.02 Å². The molecule has 0 aliphatic rings. The maximum absolute atomic E-state index is 12.8. The summed E-state index contributed by atoms with van der Waals surface area (Å²) < 4.78 is 2.54. The number of amides is 1. The molecular formula is C28H23BrClN5O. The number of benzene rings is 3. The average Bonchev–Trinajstić information content (AvgIpc) is 3.28. The van der Waals surface area contributed by atoms with Crippen LogP contribution in [0.3, 0.4) is 0 Å². The van der Waals surface area contributed by atoms with Gasteiger partial charge in [-0.05, 0) is 52.2 Å². The van der Waals surface area contributed by atoms with Crippen LogP contribution in [0.15, 0.2) is 95.6 Å². The summed E-state index contributed by atoms with van der Waals surface area (Å²) in [6.45, 7) is 2.43. The van der Waals surface area contributed by atoms with Gasteiger partial charge >= 0.3 is 0 Å². The lowest BCUT2D eigenvalue weighted by Crippen LogP contribution is -2.19. The number of carbonyl (C=O) groups is 1. The normalized spacial score (nSPS) is 11.9. The predicted octanol–water partition coefficient (Wildman–Crippen LogP) is 7.17. The number of hydrogen-bond acceptors (Lipinski definition) is 4. The molecule has 0 aliphatic carbocycles. The Bertz CT molecular complexity index is 1540. The van der Waals surface area contributed by atoms with Gasteiger partial charge < -0.3 is 10.6 Å². The molecule has 36 heavy (non-hydrogen) atoms. The Kier molecular flexibility index (Phi) is 7.02. The van der Waals surface area contributed by atoms with Crippen LogP contribution in [0.1, 0.15) is 24.0 Å². The first-order chi connectivity index (χ1) is 17.5. The van der Waals surface area contributed by atoms with Crippen molar-refractivity contribution < 1.29 is 4.79 Å². The molecule has 0 spiro atoms. The van der Waals surface area contributed by atoms with Crippen molar-refractivity contribution in [3.63, 3.8) is 0 Å². The lowest BCUT2D eigenvalue weighted by molar-refractivity contribution is -0.117. The Morgan fingerprint density at radius 2 is 1.81 bits per heavy atom. The van der Waals surface area contributed by atoms with Crippen LogP contribution in [-0.2, 0) is 11.3 Å². The first-order valence-electron chi connectivity index (χ1n) is 11.5. The fourth-order valence-electron chi connectivity index (χ4n) is 3.96. The second-order valence-corrected chi connectivity index (χ2v) is 9.67. The maximum atomic E-state index is 12.8. The first-order valence-corrected chi connectivity index (χ1v) is 12.6. The third-order valence-electron chi connectivity index (χ3n) is 5.94. The van der Waals surface area contributed by atoms with E-state index in [9.17, 15) is 4.79 Å². The van der Waals surface area contributed by atoms with Crippen molar-refractivity contribution >= 4 is 50.6 Å². The summed E-state index contributed by atoms with van der Waals surface area (Å²) in [5.74, 6) is 0.472. The molecule has 2 N–H and O–H groups in total. The number of halogens is 2.